The Balaban J connectivity index is 3.33. The zero-order valence-electron chi connectivity index (χ0n) is 9.88. The van der Waals surface area contributed by atoms with E-state index in [4.69, 9.17) is 5.73 Å². The monoisotopic (exact) mass is 256 g/mol. The highest BCUT2D eigenvalue weighted by Crippen LogP contribution is 2.22. The number of benzene rings is 1. The molecule has 1 amide bonds. The molecule has 1 aromatic rings. The van der Waals surface area contributed by atoms with Crippen LogP contribution in [0.2, 0.25) is 0 Å². The molecule has 17 heavy (non-hydrogen) atoms. The molecule has 0 aliphatic heterocycles. The van der Waals surface area contributed by atoms with Crippen LogP contribution in [0.4, 0.5) is 5.69 Å². The Kier molecular flexibility index (Phi) is 4.11. The minimum absolute atomic E-state index is 0.214. The van der Waals surface area contributed by atoms with Crippen LogP contribution >= 0.6 is 0 Å². The smallest absolute Gasteiger partial charge is 0.250 e. The number of anilines is 1. The van der Waals surface area contributed by atoms with Crippen LogP contribution in [0.25, 0.3) is 0 Å². The van der Waals surface area contributed by atoms with Crippen molar-refractivity contribution in [2.24, 2.45) is 5.73 Å². The third-order valence-corrected chi connectivity index (χ3v) is 3.45. The maximum absolute atomic E-state index is 11.7. The van der Waals surface area contributed by atoms with E-state index in [9.17, 15) is 13.2 Å². The van der Waals surface area contributed by atoms with Crippen molar-refractivity contribution in [3.63, 3.8) is 0 Å². The van der Waals surface area contributed by atoms with Crippen molar-refractivity contribution in [2.45, 2.75) is 13.3 Å². The number of nitrogens with two attached hydrogens (primary N) is 1. The lowest BCUT2D eigenvalue weighted by atomic mass is 10.1. The second-order valence-electron chi connectivity index (χ2n) is 3.72. The number of rotatable bonds is 5. The molecule has 1 rings (SSSR count). The lowest BCUT2D eigenvalue weighted by molar-refractivity contribution is 0.100. The van der Waals surface area contributed by atoms with Crippen molar-refractivity contribution in [1.29, 1.82) is 0 Å². The second kappa shape index (κ2) is 5.18. The van der Waals surface area contributed by atoms with E-state index < -0.39 is 15.9 Å². The van der Waals surface area contributed by atoms with Gasteiger partial charge in [0.05, 0.1) is 17.5 Å². The molecule has 0 radical (unpaired) electrons. The van der Waals surface area contributed by atoms with Crippen LogP contribution in [-0.4, -0.2) is 27.1 Å². The highest BCUT2D eigenvalue weighted by molar-refractivity contribution is 7.92. The molecule has 6 heteroatoms. The highest BCUT2D eigenvalue weighted by Gasteiger charge is 2.20. The molecule has 5 nitrogen and oxygen atoms in total. The number of carbonyl (C=O) groups excluding carboxylic acids is 1. The summed E-state index contributed by atoms with van der Waals surface area (Å²) in [6.45, 7) is 2.19. The lowest BCUT2D eigenvalue weighted by Gasteiger charge is -2.23. The molecular weight excluding hydrogens is 240 g/mol. The fourth-order valence-electron chi connectivity index (χ4n) is 1.57. The van der Waals surface area contributed by atoms with Crippen molar-refractivity contribution < 1.29 is 13.2 Å². The molecule has 0 unspecified atom stereocenters. The summed E-state index contributed by atoms with van der Waals surface area (Å²) in [6.07, 6.45) is 1.76. The van der Waals surface area contributed by atoms with Gasteiger partial charge in [0.2, 0.25) is 10.0 Å². The van der Waals surface area contributed by atoms with E-state index in [0.29, 0.717) is 18.7 Å². The number of primary amides is 1. The molecule has 0 saturated heterocycles. The molecule has 0 saturated carbocycles. The Labute approximate surface area is 101 Å². The summed E-state index contributed by atoms with van der Waals surface area (Å²) in [6, 6.07) is 6.42. The van der Waals surface area contributed by atoms with Crippen molar-refractivity contribution >= 4 is 21.6 Å². The molecular formula is C11H16N2O3S. The molecule has 2 N–H and O–H groups in total. The largest absolute Gasteiger partial charge is 0.366 e. The predicted octanol–water partition coefficient (Wildman–Crippen LogP) is 0.962. The van der Waals surface area contributed by atoms with Gasteiger partial charge in [-0.1, -0.05) is 19.1 Å². The van der Waals surface area contributed by atoms with Gasteiger partial charge in [0.1, 0.15) is 0 Å². The van der Waals surface area contributed by atoms with Crippen LogP contribution in [0.3, 0.4) is 0 Å². The van der Waals surface area contributed by atoms with Gasteiger partial charge in [-0.05, 0) is 18.6 Å². The third-order valence-electron chi connectivity index (χ3n) is 2.27. The molecule has 0 aliphatic carbocycles. The average molecular weight is 256 g/mol. The summed E-state index contributed by atoms with van der Waals surface area (Å²) < 4.78 is 24.5. The maximum atomic E-state index is 11.7. The molecule has 1 aromatic carbocycles. The molecule has 0 fully saturated rings. The molecule has 94 valence electrons. The first-order valence-electron chi connectivity index (χ1n) is 5.24. The first-order valence-corrected chi connectivity index (χ1v) is 7.09. The average Bonchev–Trinajstić information content (AvgIpc) is 2.24. The summed E-state index contributed by atoms with van der Waals surface area (Å²) >= 11 is 0. The molecule has 0 bridgehead atoms. The van der Waals surface area contributed by atoms with Gasteiger partial charge < -0.3 is 5.73 Å². The quantitative estimate of drug-likeness (QED) is 0.852. The Morgan fingerprint density at radius 1 is 1.35 bits per heavy atom. The van der Waals surface area contributed by atoms with Gasteiger partial charge in [0.15, 0.2) is 0 Å². The highest BCUT2D eigenvalue weighted by atomic mass is 32.2. The first-order chi connectivity index (χ1) is 7.88. The van der Waals surface area contributed by atoms with Gasteiger partial charge in [-0.2, -0.15) is 0 Å². The van der Waals surface area contributed by atoms with Crippen molar-refractivity contribution in [2.75, 3.05) is 17.1 Å². The Morgan fingerprint density at radius 2 is 1.94 bits per heavy atom. The van der Waals surface area contributed by atoms with E-state index in [1.165, 1.54) is 10.4 Å². The summed E-state index contributed by atoms with van der Waals surface area (Å²) in [5.41, 5.74) is 5.78. The summed E-state index contributed by atoms with van der Waals surface area (Å²) in [4.78, 5) is 11.3. The van der Waals surface area contributed by atoms with Crippen LogP contribution in [0, 0.1) is 0 Å². The van der Waals surface area contributed by atoms with E-state index in [1.54, 1.807) is 18.2 Å². The molecule has 0 heterocycles. The van der Waals surface area contributed by atoms with Crippen LogP contribution in [0.5, 0.6) is 0 Å². The van der Waals surface area contributed by atoms with E-state index in [-0.39, 0.29) is 5.56 Å². The molecule has 0 spiro atoms. The van der Waals surface area contributed by atoms with Crippen LogP contribution in [-0.2, 0) is 10.0 Å². The predicted molar refractivity (Wildman–Crippen MR) is 67.4 cm³/mol. The number of nitrogens with zero attached hydrogens (tertiary/aromatic N) is 1. The fourth-order valence-corrected chi connectivity index (χ4v) is 2.60. The second-order valence-corrected chi connectivity index (χ2v) is 5.62. The Bertz CT molecular complexity index is 511. The number of sulfonamides is 1. The number of hydrogen-bond acceptors (Lipinski definition) is 3. The van der Waals surface area contributed by atoms with Crippen molar-refractivity contribution in [3.8, 4) is 0 Å². The van der Waals surface area contributed by atoms with Crippen LogP contribution in [0.15, 0.2) is 24.3 Å². The number of hydrogen-bond donors (Lipinski definition) is 1. The third kappa shape index (κ3) is 3.20. The summed E-state index contributed by atoms with van der Waals surface area (Å²) in [5, 5.41) is 0. The lowest BCUT2D eigenvalue weighted by Crippen LogP contribution is -2.32. The number of amides is 1. The summed E-state index contributed by atoms with van der Waals surface area (Å²) in [7, 11) is -3.41. The maximum Gasteiger partial charge on any atom is 0.250 e. The standard InChI is InChI=1S/C11H16N2O3S/c1-3-8-13(17(2,15)16)10-7-5-4-6-9(10)11(12)14/h4-7H,3,8H2,1-2H3,(H2,12,14). The molecule has 0 atom stereocenters. The van der Waals surface area contributed by atoms with Crippen molar-refractivity contribution in [1.82, 2.24) is 0 Å². The van der Waals surface area contributed by atoms with Gasteiger partial charge in [-0.3, -0.25) is 9.10 Å². The molecule has 0 aliphatic rings. The van der Waals surface area contributed by atoms with Crippen LogP contribution in [0.1, 0.15) is 23.7 Å². The zero-order valence-corrected chi connectivity index (χ0v) is 10.7. The van der Waals surface area contributed by atoms with Crippen LogP contribution < -0.4 is 10.0 Å². The van der Waals surface area contributed by atoms with E-state index >= 15 is 0 Å². The minimum atomic E-state index is -3.41. The topological polar surface area (TPSA) is 80.5 Å². The Hall–Kier alpha value is -1.56. The van der Waals surface area contributed by atoms with Gasteiger partial charge in [0, 0.05) is 6.54 Å². The summed E-state index contributed by atoms with van der Waals surface area (Å²) in [5.74, 6) is -0.634. The van der Waals surface area contributed by atoms with E-state index in [0.717, 1.165) is 6.26 Å². The Morgan fingerprint density at radius 3 is 2.41 bits per heavy atom. The first kappa shape index (κ1) is 13.5. The van der Waals surface area contributed by atoms with Gasteiger partial charge in [-0.25, -0.2) is 8.42 Å². The normalized spacial score (nSPS) is 11.2. The molecule has 0 aromatic heterocycles. The number of para-hydroxylation sites is 1. The fraction of sp³-hybridized carbons (Fsp3) is 0.364. The van der Waals surface area contributed by atoms with Gasteiger partial charge in [0.25, 0.3) is 5.91 Å². The van der Waals surface area contributed by atoms with Gasteiger partial charge >= 0.3 is 0 Å². The number of carbonyl (C=O) groups is 1. The van der Waals surface area contributed by atoms with Gasteiger partial charge in [-0.15, -0.1) is 0 Å². The van der Waals surface area contributed by atoms with E-state index in [2.05, 4.69) is 0 Å². The minimum Gasteiger partial charge on any atom is -0.366 e. The zero-order chi connectivity index (χ0) is 13.1. The SMILES string of the molecule is CCCN(c1ccccc1C(N)=O)S(C)(=O)=O. The van der Waals surface area contributed by atoms with Crippen molar-refractivity contribution in [3.05, 3.63) is 29.8 Å². The van der Waals surface area contributed by atoms with E-state index in [1.807, 2.05) is 6.92 Å².